The van der Waals surface area contributed by atoms with Crippen molar-refractivity contribution in [2.24, 2.45) is 0 Å². The second-order valence-electron chi connectivity index (χ2n) is 6.36. The molecule has 21 heavy (non-hydrogen) atoms. The third-order valence-corrected chi connectivity index (χ3v) is 4.48. The molecule has 3 heteroatoms. The number of hydrogen-bond acceptors (Lipinski definition) is 3. The summed E-state index contributed by atoms with van der Waals surface area (Å²) >= 11 is 0. The van der Waals surface area contributed by atoms with Crippen LogP contribution in [0.3, 0.4) is 0 Å². The Hall–Kier alpha value is -0.900. The Kier molecular flexibility index (Phi) is 6.39. The standard InChI is InChI=1S/C18H31NO2/c1-8-11-16-13(4)19(12-21-18(6,7)10-3)17(14(5)20)15(16)9-2/h8-9,11,13-14,17,20H,1,10,12H2,2-7H3/b15-9+,16-11?. The van der Waals surface area contributed by atoms with E-state index in [0.29, 0.717) is 6.73 Å². The smallest absolute Gasteiger partial charge is 0.101 e. The predicted molar refractivity (Wildman–Crippen MR) is 89.1 cm³/mol. The van der Waals surface area contributed by atoms with Gasteiger partial charge in [-0.3, -0.25) is 4.90 Å². The van der Waals surface area contributed by atoms with E-state index in [1.807, 2.05) is 26.0 Å². The van der Waals surface area contributed by atoms with E-state index in [2.05, 4.69) is 45.2 Å². The van der Waals surface area contributed by atoms with Crippen LogP contribution in [-0.2, 0) is 4.74 Å². The van der Waals surface area contributed by atoms with Crippen LogP contribution in [0.5, 0.6) is 0 Å². The van der Waals surface area contributed by atoms with Crippen molar-refractivity contribution in [3.63, 3.8) is 0 Å². The van der Waals surface area contributed by atoms with Gasteiger partial charge in [0.15, 0.2) is 0 Å². The normalized spacial score (nSPS) is 29.3. The van der Waals surface area contributed by atoms with Crippen molar-refractivity contribution in [2.75, 3.05) is 6.73 Å². The molecule has 1 heterocycles. The molecule has 0 aliphatic carbocycles. The molecule has 0 aromatic rings. The lowest BCUT2D eigenvalue weighted by molar-refractivity contribution is -0.0946. The lowest BCUT2D eigenvalue weighted by Crippen LogP contribution is -2.44. The highest BCUT2D eigenvalue weighted by atomic mass is 16.5. The molecule has 0 radical (unpaired) electrons. The number of aliphatic hydroxyl groups excluding tert-OH is 1. The molecule has 1 aliphatic heterocycles. The minimum atomic E-state index is -0.442. The maximum Gasteiger partial charge on any atom is 0.101 e. The number of allylic oxidation sites excluding steroid dienone is 3. The van der Waals surface area contributed by atoms with Crippen molar-refractivity contribution >= 4 is 0 Å². The van der Waals surface area contributed by atoms with Crippen LogP contribution >= 0.6 is 0 Å². The molecule has 1 aliphatic rings. The van der Waals surface area contributed by atoms with Crippen LogP contribution in [0.25, 0.3) is 0 Å². The quantitative estimate of drug-likeness (QED) is 0.811. The molecule has 1 saturated heterocycles. The van der Waals surface area contributed by atoms with Crippen molar-refractivity contribution in [1.82, 2.24) is 4.90 Å². The largest absolute Gasteiger partial charge is 0.391 e. The van der Waals surface area contributed by atoms with Gasteiger partial charge in [-0.15, -0.1) is 0 Å². The fourth-order valence-electron chi connectivity index (χ4n) is 2.79. The summed E-state index contributed by atoms with van der Waals surface area (Å²) in [5.74, 6) is 0. The zero-order valence-corrected chi connectivity index (χ0v) is 14.4. The van der Waals surface area contributed by atoms with Gasteiger partial charge < -0.3 is 9.84 Å². The summed E-state index contributed by atoms with van der Waals surface area (Å²) in [6.07, 6.45) is 6.46. The maximum atomic E-state index is 10.2. The van der Waals surface area contributed by atoms with Crippen molar-refractivity contribution in [3.8, 4) is 0 Å². The lowest BCUT2D eigenvalue weighted by atomic mass is 9.97. The Morgan fingerprint density at radius 3 is 2.48 bits per heavy atom. The van der Waals surface area contributed by atoms with Gasteiger partial charge in [-0.25, -0.2) is 0 Å². The highest BCUT2D eigenvalue weighted by Gasteiger charge is 2.41. The van der Waals surface area contributed by atoms with Crippen LogP contribution < -0.4 is 0 Å². The first-order valence-corrected chi connectivity index (χ1v) is 7.86. The second kappa shape index (κ2) is 7.39. The summed E-state index contributed by atoms with van der Waals surface area (Å²) in [7, 11) is 0. The van der Waals surface area contributed by atoms with Crippen molar-refractivity contribution in [1.29, 1.82) is 0 Å². The monoisotopic (exact) mass is 293 g/mol. The van der Waals surface area contributed by atoms with Crippen LogP contribution in [0.1, 0.15) is 48.0 Å². The maximum absolute atomic E-state index is 10.2. The average molecular weight is 293 g/mol. The fourth-order valence-corrected chi connectivity index (χ4v) is 2.79. The molecule has 1 rings (SSSR count). The molecule has 3 unspecified atom stereocenters. The number of hydrogen-bond donors (Lipinski definition) is 1. The number of rotatable bonds is 6. The van der Waals surface area contributed by atoms with E-state index in [1.54, 1.807) is 0 Å². The Bertz CT molecular complexity index is 421. The van der Waals surface area contributed by atoms with Crippen LogP contribution in [-0.4, -0.2) is 40.5 Å². The molecule has 0 bridgehead atoms. The second-order valence-corrected chi connectivity index (χ2v) is 6.36. The number of ether oxygens (including phenoxy) is 1. The Labute approximate surface area is 130 Å². The SMILES string of the molecule is C=CC=C1/C(=C\C)C(C(C)O)N(COC(C)(C)CC)C1C. The molecule has 0 aromatic heterocycles. The van der Waals surface area contributed by atoms with Gasteiger partial charge in [-0.1, -0.05) is 31.7 Å². The van der Waals surface area contributed by atoms with E-state index in [-0.39, 0.29) is 17.7 Å². The molecule has 1 N–H and O–H groups in total. The topological polar surface area (TPSA) is 32.7 Å². The average Bonchev–Trinajstić information content (AvgIpc) is 2.70. The molecular formula is C18H31NO2. The van der Waals surface area contributed by atoms with Crippen LogP contribution in [0.2, 0.25) is 0 Å². The molecule has 0 amide bonds. The zero-order valence-electron chi connectivity index (χ0n) is 14.4. The van der Waals surface area contributed by atoms with Crippen molar-refractivity contribution < 1.29 is 9.84 Å². The minimum Gasteiger partial charge on any atom is -0.391 e. The first-order valence-electron chi connectivity index (χ1n) is 7.86. The zero-order chi connectivity index (χ0) is 16.2. The Balaban J connectivity index is 3.05. The van der Waals surface area contributed by atoms with Gasteiger partial charge in [0.05, 0.1) is 17.7 Å². The summed E-state index contributed by atoms with van der Waals surface area (Å²) in [5, 5.41) is 10.2. The molecule has 0 aromatic carbocycles. The van der Waals surface area contributed by atoms with E-state index in [1.165, 1.54) is 11.1 Å². The summed E-state index contributed by atoms with van der Waals surface area (Å²) in [5.41, 5.74) is 2.25. The van der Waals surface area contributed by atoms with Gasteiger partial charge in [0.1, 0.15) is 6.73 Å². The Morgan fingerprint density at radius 2 is 2.05 bits per heavy atom. The fraction of sp³-hybridized carbons (Fsp3) is 0.667. The first kappa shape index (κ1) is 18.1. The van der Waals surface area contributed by atoms with Crippen molar-refractivity contribution in [3.05, 3.63) is 36.0 Å². The third-order valence-electron chi connectivity index (χ3n) is 4.48. The summed E-state index contributed by atoms with van der Waals surface area (Å²) < 4.78 is 6.07. The molecule has 0 saturated carbocycles. The highest BCUT2D eigenvalue weighted by Crippen LogP contribution is 2.36. The van der Waals surface area contributed by atoms with Crippen LogP contribution in [0, 0.1) is 0 Å². The van der Waals surface area contributed by atoms with Crippen LogP contribution in [0.15, 0.2) is 36.0 Å². The van der Waals surface area contributed by atoms with Gasteiger partial charge in [0, 0.05) is 6.04 Å². The van der Waals surface area contributed by atoms with Gasteiger partial charge in [-0.2, -0.15) is 0 Å². The molecule has 120 valence electrons. The molecular weight excluding hydrogens is 262 g/mol. The van der Waals surface area contributed by atoms with Crippen LogP contribution in [0.4, 0.5) is 0 Å². The van der Waals surface area contributed by atoms with E-state index >= 15 is 0 Å². The Morgan fingerprint density at radius 1 is 1.43 bits per heavy atom. The summed E-state index contributed by atoms with van der Waals surface area (Å²) in [4.78, 5) is 2.23. The number of nitrogens with zero attached hydrogens (tertiary/aromatic N) is 1. The van der Waals surface area contributed by atoms with E-state index in [9.17, 15) is 5.11 Å². The third kappa shape index (κ3) is 4.06. The van der Waals surface area contributed by atoms with Gasteiger partial charge in [0.2, 0.25) is 0 Å². The molecule has 3 nitrogen and oxygen atoms in total. The van der Waals surface area contributed by atoms with Crippen molar-refractivity contribution in [2.45, 2.75) is 71.8 Å². The first-order chi connectivity index (χ1) is 9.79. The predicted octanol–water partition coefficient (Wildman–Crippen LogP) is 3.66. The van der Waals surface area contributed by atoms with Gasteiger partial charge in [-0.05, 0) is 52.2 Å². The van der Waals surface area contributed by atoms with E-state index < -0.39 is 6.10 Å². The molecule has 0 spiro atoms. The molecule has 1 fully saturated rings. The van der Waals surface area contributed by atoms with E-state index in [0.717, 1.165) is 6.42 Å². The summed E-state index contributed by atoms with van der Waals surface area (Å²) in [6.45, 7) is 16.7. The highest BCUT2D eigenvalue weighted by molar-refractivity contribution is 5.46. The van der Waals surface area contributed by atoms with E-state index in [4.69, 9.17) is 4.74 Å². The number of aliphatic hydroxyl groups is 1. The molecule has 3 atom stereocenters. The lowest BCUT2D eigenvalue weighted by Gasteiger charge is -2.33. The van der Waals surface area contributed by atoms with Gasteiger partial charge in [0.25, 0.3) is 0 Å². The summed E-state index contributed by atoms with van der Waals surface area (Å²) in [6, 6.07) is 0.185. The van der Waals surface area contributed by atoms with Gasteiger partial charge >= 0.3 is 0 Å². The number of likely N-dealkylation sites (tertiary alicyclic amines) is 1. The minimum absolute atomic E-state index is 0.0242.